The van der Waals surface area contributed by atoms with E-state index in [1.54, 1.807) is 6.92 Å². The highest BCUT2D eigenvalue weighted by Gasteiger charge is 2.33. The summed E-state index contributed by atoms with van der Waals surface area (Å²) in [6.45, 7) is 15.1. The standard InChI is InChI=1S/C14H28O4Si/c1-7-16-13(14(15)12(4)5)10-11-19(6,17-8-2)18-9-3/h13H,4,7-11H2,1-3,5-6H3. The number of ketones is 1. The van der Waals surface area contributed by atoms with Crippen molar-refractivity contribution in [2.24, 2.45) is 0 Å². The van der Waals surface area contributed by atoms with Crippen LogP contribution in [-0.4, -0.2) is 40.3 Å². The first-order chi connectivity index (χ1) is 8.90. The van der Waals surface area contributed by atoms with Crippen molar-refractivity contribution in [2.45, 2.75) is 52.8 Å². The Hall–Kier alpha value is -0.493. The van der Waals surface area contributed by atoms with E-state index in [1.807, 2.05) is 27.3 Å². The fraction of sp³-hybridized carbons (Fsp3) is 0.786. The van der Waals surface area contributed by atoms with E-state index in [-0.39, 0.29) is 5.78 Å². The molecule has 0 heterocycles. The fourth-order valence-electron chi connectivity index (χ4n) is 1.96. The Kier molecular flexibility index (Phi) is 9.17. The molecule has 0 bridgehead atoms. The SMILES string of the molecule is C=C(C)C(=O)C(CC[Si](C)(OCC)OCC)OCC. The first-order valence-corrected chi connectivity index (χ1v) is 9.51. The third-order valence-electron chi connectivity index (χ3n) is 2.84. The van der Waals surface area contributed by atoms with Crippen molar-refractivity contribution >= 4 is 14.3 Å². The van der Waals surface area contributed by atoms with Crippen molar-refractivity contribution in [1.29, 1.82) is 0 Å². The minimum absolute atomic E-state index is 0.0220. The number of Topliss-reactive ketones (excluding diaryl/α,β-unsaturated/α-hetero) is 1. The Morgan fingerprint density at radius 2 is 1.68 bits per heavy atom. The fourth-order valence-corrected chi connectivity index (χ4v) is 4.34. The van der Waals surface area contributed by atoms with E-state index >= 15 is 0 Å². The van der Waals surface area contributed by atoms with Gasteiger partial charge in [-0.05, 0) is 52.3 Å². The summed E-state index contributed by atoms with van der Waals surface area (Å²) in [4.78, 5) is 12.0. The number of carbonyl (C=O) groups excluding carboxylic acids is 1. The molecule has 19 heavy (non-hydrogen) atoms. The van der Waals surface area contributed by atoms with Gasteiger partial charge < -0.3 is 13.6 Å². The maximum absolute atomic E-state index is 12.0. The van der Waals surface area contributed by atoms with Crippen LogP contribution in [0.15, 0.2) is 12.2 Å². The van der Waals surface area contributed by atoms with Crippen LogP contribution in [0.3, 0.4) is 0 Å². The summed E-state index contributed by atoms with van der Waals surface area (Å²) in [5.41, 5.74) is 0.537. The van der Waals surface area contributed by atoms with Crippen LogP contribution in [0.5, 0.6) is 0 Å². The lowest BCUT2D eigenvalue weighted by atomic mass is 10.1. The molecule has 112 valence electrons. The lowest BCUT2D eigenvalue weighted by Gasteiger charge is -2.27. The zero-order chi connectivity index (χ0) is 14.9. The molecule has 0 aromatic heterocycles. The van der Waals surface area contributed by atoms with Gasteiger partial charge in [0.15, 0.2) is 5.78 Å². The van der Waals surface area contributed by atoms with Gasteiger partial charge in [0.2, 0.25) is 0 Å². The van der Waals surface area contributed by atoms with E-state index in [9.17, 15) is 4.79 Å². The predicted octanol–water partition coefficient (Wildman–Crippen LogP) is 3.07. The van der Waals surface area contributed by atoms with Gasteiger partial charge in [-0.1, -0.05) is 6.58 Å². The molecule has 0 spiro atoms. The Bertz CT molecular complexity index is 285. The third kappa shape index (κ3) is 7.01. The van der Waals surface area contributed by atoms with Gasteiger partial charge in [0, 0.05) is 19.8 Å². The smallest absolute Gasteiger partial charge is 0.335 e. The zero-order valence-electron chi connectivity index (χ0n) is 13.0. The monoisotopic (exact) mass is 288 g/mol. The Morgan fingerprint density at radius 3 is 2.05 bits per heavy atom. The molecule has 0 radical (unpaired) electrons. The largest absolute Gasteiger partial charge is 0.395 e. The summed E-state index contributed by atoms with van der Waals surface area (Å²) in [5.74, 6) is -0.0220. The van der Waals surface area contributed by atoms with Crippen molar-refractivity contribution < 1.29 is 18.4 Å². The van der Waals surface area contributed by atoms with Crippen LogP contribution >= 0.6 is 0 Å². The molecule has 5 heteroatoms. The van der Waals surface area contributed by atoms with Gasteiger partial charge in [0.25, 0.3) is 0 Å². The summed E-state index contributed by atoms with van der Waals surface area (Å²) in [5, 5.41) is 0. The van der Waals surface area contributed by atoms with E-state index in [0.29, 0.717) is 31.8 Å². The molecular weight excluding hydrogens is 260 g/mol. The number of rotatable bonds is 11. The number of carbonyl (C=O) groups is 1. The normalized spacial score (nSPS) is 13.3. The molecule has 0 rings (SSSR count). The van der Waals surface area contributed by atoms with Gasteiger partial charge in [-0.15, -0.1) is 0 Å². The van der Waals surface area contributed by atoms with Crippen molar-refractivity contribution in [3.8, 4) is 0 Å². The average Bonchev–Trinajstić information content (AvgIpc) is 2.34. The van der Waals surface area contributed by atoms with E-state index < -0.39 is 14.7 Å². The molecule has 0 fully saturated rings. The first kappa shape index (κ1) is 18.5. The van der Waals surface area contributed by atoms with Crippen molar-refractivity contribution in [2.75, 3.05) is 19.8 Å². The van der Waals surface area contributed by atoms with Crippen LogP contribution < -0.4 is 0 Å². The minimum Gasteiger partial charge on any atom is -0.395 e. The Balaban J connectivity index is 4.58. The summed E-state index contributed by atoms with van der Waals surface area (Å²) >= 11 is 0. The van der Waals surface area contributed by atoms with Gasteiger partial charge in [-0.25, -0.2) is 0 Å². The summed E-state index contributed by atoms with van der Waals surface area (Å²) in [6.07, 6.45) is 0.206. The molecule has 1 atom stereocenters. The molecule has 4 nitrogen and oxygen atoms in total. The van der Waals surface area contributed by atoms with Crippen molar-refractivity contribution in [1.82, 2.24) is 0 Å². The highest BCUT2D eigenvalue weighted by molar-refractivity contribution is 6.66. The van der Waals surface area contributed by atoms with E-state index in [2.05, 4.69) is 6.58 Å². The quantitative estimate of drug-likeness (QED) is 0.433. The highest BCUT2D eigenvalue weighted by Crippen LogP contribution is 2.20. The van der Waals surface area contributed by atoms with Crippen LogP contribution in [0.4, 0.5) is 0 Å². The molecule has 0 amide bonds. The molecule has 0 aromatic rings. The zero-order valence-corrected chi connectivity index (χ0v) is 14.0. The van der Waals surface area contributed by atoms with Gasteiger partial charge in [-0.2, -0.15) is 0 Å². The maximum atomic E-state index is 12.0. The van der Waals surface area contributed by atoms with Crippen LogP contribution in [0.2, 0.25) is 12.6 Å². The second-order valence-electron chi connectivity index (χ2n) is 4.63. The molecule has 1 unspecified atom stereocenters. The van der Waals surface area contributed by atoms with Gasteiger partial charge in [0.05, 0.1) is 0 Å². The Labute approximate surface area is 118 Å². The van der Waals surface area contributed by atoms with Crippen LogP contribution in [0, 0.1) is 0 Å². The molecular formula is C14H28O4Si. The van der Waals surface area contributed by atoms with Crippen LogP contribution in [0.25, 0.3) is 0 Å². The summed E-state index contributed by atoms with van der Waals surface area (Å²) in [6, 6.07) is 0.748. The lowest BCUT2D eigenvalue weighted by molar-refractivity contribution is -0.126. The number of hydrogen-bond acceptors (Lipinski definition) is 4. The van der Waals surface area contributed by atoms with Crippen LogP contribution in [-0.2, 0) is 18.4 Å². The molecule has 0 saturated carbocycles. The molecule has 0 aromatic carbocycles. The molecule has 0 aliphatic heterocycles. The first-order valence-electron chi connectivity index (χ1n) is 6.99. The van der Waals surface area contributed by atoms with E-state index in [0.717, 1.165) is 6.04 Å². The molecule has 0 aliphatic rings. The minimum atomic E-state index is -2.18. The average molecular weight is 288 g/mol. The van der Waals surface area contributed by atoms with Gasteiger partial charge in [0.1, 0.15) is 6.10 Å². The van der Waals surface area contributed by atoms with Crippen LogP contribution in [0.1, 0.15) is 34.1 Å². The molecule has 0 aliphatic carbocycles. The predicted molar refractivity (Wildman–Crippen MR) is 79.5 cm³/mol. The van der Waals surface area contributed by atoms with E-state index in [1.165, 1.54) is 0 Å². The van der Waals surface area contributed by atoms with Gasteiger partial charge >= 0.3 is 8.56 Å². The summed E-state index contributed by atoms with van der Waals surface area (Å²) < 4.78 is 17.0. The molecule has 0 N–H and O–H groups in total. The van der Waals surface area contributed by atoms with E-state index in [4.69, 9.17) is 13.6 Å². The lowest BCUT2D eigenvalue weighted by Crippen LogP contribution is -2.40. The summed E-state index contributed by atoms with van der Waals surface area (Å²) in [7, 11) is -2.18. The molecule has 0 saturated heterocycles. The second-order valence-corrected chi connectivity index (χ2v) is 7.97. The third-order valence-corrected chi connectivity index (χ3v) is 5.84. The second kappa shape index (κ2) is 9.42. The van der Waals surface area contributed by atoms with Crippen molar-refractivity contribution in [3.05, 3.63) is 12.2 Å². The van der Waals surface area contributed by atoms with Crippen molar-refractivity contribution in [3.63, 3.8) is 0 Å². The topological polar surface area (TPSA) is 44.8 Å². The number of ether oxygens (including phenoxy) is 1. The maximum Gasteiger partial charge on any atom is 0.335 e. The van der Waals surface area contributed by atoms with Gasteiger partial charge in [-0.3, -0.25) is 4.79 Å². The number of hydrogen-bond donors (Lipinski definition) is 0. The highest BCUT2D eigenvalue weighted by atomic mass is 28.4. The Morgan fingerprint density at radius 1 is 1.16 bits per heavy atom.